The number of aryl methyl sites for hydroxylation is 1. The van der Waals surface area contributed by atoms with Gasteiger partial charge >= 0.3 is 5.97 Å². The number of carbonyl (C=O) groups excluding carboxylic acids is 1. The number of methoxy groups -OCH3 is 1. The molecule has 6 rings (SSSR count). The van der Waals surface area contributed by atoms with E-state index in [2.05, 4.69) is 46.2 Å². The molecule has 0 spiro atoms. The lowest BCUT2D eigenvalue weighted by Crippen LogP contribution is -2.46. The number of rotatable bonds is 11. The highest BCUT2D eigenvalue weighted by Crippen LogP contribution is 2.38. The van der Waals surface area contributed by atoms with E-state index in [1.165, 1.54) is 5.69 Å². The fourth-order valence-corrected chi connectivity index (χ4v) is 6.18. The van der Waals surface area contributed by atoms with Crippen molar-refractivity contribution in [3.05, 3.63) is 132 Å². The summed E-state index contributed by atoms with van der Waals surface area (Å²) in [5, 5.41) is 10.5. The van der Waals surface area contributed by atoms with Crippen LogP contribution >= 0.6 is 0 Å². The SMILES string of the molecule is COc1ccc(CCCCN2CCN(c3ccccc3)CC2)cc1C(c1cc2ccccc2o1)N(OC(=O)c1ccccc1)C(=N)N. The first kappa shape index (κ1) is 31.7. The van der Waals surface area contributed by atoms with E-state index in [1.54, 1.807) is 31.4 Å². The third-order valence-electron chi connectivity index (χ3n) is 8.65. The molecule has 4 aromatic carbocycles. The molecule has 0 radical (unpaired) electrons. The Labute approximate surface area is 275 Å². The number of para-hydroxylation sites is 2. The largest absolute Gasteiger partial charge is 0.496 e. The lowest BCUT2D eigenvalue weighted by atomic mass is 9.97. The number of fused-ring (bicyclic) bond motifs is 1. The number of furan rings is 1. The number of ether oxygens (including phenoxy) is 1. The van der Waals surface area contributed by atoms with Crippen LogP contribution in [-0.4, -0.2) is 61.7 Å². The zero-order chi connectivity index (χ0) is 32.6. The van der Waals surface area contributed by atoms with Gasteiger partial charge in [-0.1, -0.05) is 60.7 Å². The Balaban J connectivity index is 1.20. The van der Waals surface area contributed by atoms with Crippen LogP contribution in [0, 0.1) is 5.41 Å². The molecule has 1 aromatic heterocycles. The number of hydrogen-bond donors (Lipinski definition) is 2. The molecule has 0 saturated carbocycles. The fraction of sp³-hybridized carbons (Fsp3) is 0.263. The Bertz CT molecular complexity index is 1750. The van der Waals surface area contributed by atoms with Gasteiger partial charge in [0.05, 0.1) is 12.7 Å². The van der Waals surface area contributed by atoms with Gasteiger partial charge in [-0.05, 0) is 79.9 Å². The maximum atomic E-state index is 13.2. The van der Waals surface area contributed by atoms with Crippen molar-refractivity contribution in [2.75, 3.05) is 44.7 Å². The monoisotopic (exact) mass is 631 g/mol. The number of piperazine rings is 1. The van der Waals surface area contributed by atoms with Crippen molar-refractivity contribution in [2.24, 2.45) is 5.73 Å². The lowest BCUT2D eigenvalue weighted by Gasteiger charge is -2.36. The van der Waals surface area contributed by atoms with Crippen molar-refractivity contribution in [1.29, 1.82) is 5.41 Å². The number of hydrogen-bond acceptors (Lipinski definition) is 7. The van der Waals surface area contributed by atoms with Crippen molar-refractivity contribution < 1.29 is 18.8 Å². The van der Waals surface area contributed by atoms with E-state index in [0.717, 1.165) is 68.0 Å². The van der Waals surface area contributed by atoms with Crippen molar-refractivity contribution >= 4 is 28.6 Å². The molecule has 1 aliphatic rings. The van der Waals surface area contributed by atoms with E-state index in [9.17, 15) is 4.79 Å². The molecular formula is C38H41N5O4. The summed E-state index contributed by atoms with van der Waals surface area (Å²) in [5.41, 5.74) is 10.2. The molecule has 242 valence electrons. The molecule has 3 N–H and O–H groups in total. The Morgan fingerprint density at radius 2 is 1.60 bits per heavy atom. The summed E-state index contributed by atoms with van der Waals surface area (Å²) in [6, 6.07) is 33.9. The van der Waals surface area contributed by atoms with Crippen molar-refractivity contribution in [3.63, 3.8) is 0 Å². The number of nitrogens with one attached hydrogen (secondary N) is 1. The van der Waals surface area contributed by atoms with Gasteiger partial charge in [-0.25, -0.2) is 4.79 Å². The predicted molar refractivity (Wildman–Crippen MR) is 185 cm³/mol. The predicted octanol–water partition coefficient (Wildman–Crippen LogP) is 6.64. The second kappa shape index (κ2) is 14.9. The van der Waals surface area contributed by atoms with E-state index in [4.69, 9.17) is 25.1 Å². The summed E-state index contributed by atoms with van der Waals surface area (Å²) in [7, 11) is 1.60. The van der Waals surface area contributed by atoms with Crippen molar-refractivity contribution in [1.82, 2.24) is 9.96 Å². The number of anilines is 1. The summed E-state index contributed by atoms with van der Waals surface area (Å²) < 4.78 is 12.1. The smallest absolute Gasteiger partial charge is 0.363 e. The number of hydroxylamine groups is 2. The van der Waals surface area contributed by atoms with E-state index in [-0.39, 0.29) is 0 Å². The van der Waals surface area contributed by atoms with E-state index in [0.29, 0.717) is 28.2 Å². The van der Waals surface area contributed by atoms with Crippen LogP contribution in [0.25, 0.3) is 11.0 Å². The maximum Gasteiger partial charge on any atom is 0.363 e. The van der Waals surface area contributed by atoms with Crippen LogP contribution in [0.1, 0.15) is 46.1 Å². The third kappa shape index (κ3) is 7.58. The van der Waals surface area contributed by atoms with E-state index < -0.39 is 18.0 Å². The molecule has 0 aliphatic carbocycles. The van der Waals surface area contributed by atoms with Crippen LogP contribution in [0.5, 0.6) is 5.75 Å². The second-order valence-electron chi connectivity index (χ2n) is 11.7. The number of unbranched alkanes of at least 4 members (excludes halogenated alkanes) is 1. The van der Waals surface area contributed by atoms with Crippen LogP contribution < -0.4 is 15.4 Å². The first-order valence-electron chi connectivity index (χ1n) is 16.1. The van der Waals surface area contributed by atoms with Crippen LogP contribution in [0.3, 0.4) is 0 Å². The van der Waals surface area contributed by atoms with Crippen LogP contribution in [0.4, 0.5) is 5.69 Å². The highest BCUT2D eigenvalue weighted by molar-refractivity contribution is 5.90. The average molecular weight is 632 g/mol. The molecule has 1 unspecified atom stereocenters. The standard InChI is InChI=1S/C38H41N5O4/c1-45-34-20-19-28(12-10-11-21-41-22-24-42(25-23-41)31-16-6-3-7-17-31)26-32(34)36(35-27-30-15-8-9-18-33(30)46-35)43(38(39)40)47-37(44)29-13-4-2-5-14-29/h2-9,13-20,26-27,36H,10-12,21-25H2,1H3,(H3,39,40). The van der Waals surface area contributed by atoms with Gasteiger partial charge in [0.1, 0.15) is 17.1 Å². The number of benzene rings is 4. The zero-order valence-electron chi connectivity index (χ0n) is 26.7. The minimum Gasteiger partial charge on any atom is -0.496 e. The lowest BCUT2D eigenvalue weighted by molar-refractivity contribution is -0.0791. The first-order chi connectivity index (χ1) is 23.0. The normalized spacial score (nSPS) is 14.1. The number of guanidine groups is 1. The first-order valence-corrected chi connectivity index (χ1v) is 16.1. The molecule has 2 heterocycles. The second-order valence-corrected chi connectivity index (χ2v) is 11.7. The molecule has 9 heteroatoms. The van der Waals surface area contributed by atoms with E-state index in [1.807, 2.05) is 48.5 Å². The number of carbonyl (C=O) groups is 1. The summed E-state index contributed by atoms with van der Waals surface area (Å²) in [6.45, 7) is 5.25. The summed E-state index contributed by atoms with van der Waals surface area (Å²) >= 11 is 0. The van der Waals surface area contributed by atoms with Crippen molar-refractivity contribution in [2.45, 2.75) is 25.3 Å². The Kier molecular flexibility index (Phi) is 10.0. The molecule has 47 heavy (non-hydrogen) atoms. The van der Waals surface area contributed by atoms with Gasteiger partial charge in [0.2, 0.25) is 5.96 Å². The molecule has 1 saturated heterocycles. The minimum absolute atomic E-state index is 0.337. The molecule has 5 aromatic rings. The molecule has 9 nitrogen and oxygen atoms in total. The topological polar surface area (TPSA) is 108 Å². The van der Waals surface area contributed by atoms with Crippen LogP contribution in [-0.2, 0) is 11.3 Å². The highest BCUT2D eigenvalue weighted by Gasteiger charge is 2.33. The number of nitrogens with two attached hydrogens (primary N) is 1. The van der Waals surface area contributed by atoms with E-state index >= 15 is 0 Å². The van der Waals surface area contributed by atoms with Gasteiger partial charge < -0.3 is 24.6 Å². The molecule has 0 amide bonds. The Morgan fingerprint density at radius 1 is 0.894 bits per heavy atom. The molecule has 1 fully saturated rings. The molecular weight excluding hydrogens is 590 g/mol. The summed E-state index contributed by atoms with van der Waals surface area (Å²) in [6.07, 6.45) is 2.95. The van der Waals surface area contributed by atoms with Gasteiger partial charge in [0, 0.05) is 42.8 Å². The van der Waals surface area contributed by atoms with Crippen LogP contribution in [0.2, 0.25) is 0 Å². The van der Waals surface area contributed by atoms with Gasteiger partial charge in [-0.15, -0.1) is 0 Å². The van der Waals surface area contributed by atoms with Crippen molar-refractivity contribution in [3.8, 4) is 5.75 Å². The Hall–Kier alpha value is -5.28. The van der Waals surface area contributed by atoms with Gasteiger partial charge in [-0.2, -0.15) is 5.06 Å². The fourth-order valence-electron chi connectivity index (χ4n) is 6.18. The summed E-state index contributed by atoms with van der Waals surface area (Å²) in [5.74, 6) is -0.0500. The number of nitrogens with zero attached hydrogens (tertiary/aromatic N) is 3. The third-order valence-corrected chi connectivity index (χ3v) is 8.65. The molecule has 1 atom stereocenters. The zero-order valence-corrected chi connectivity index (χ0v) is 26.7. The maximum absolute atomic E-state index is 13.2. The average Bonchev–Trinajstić information content (AvgIpc) is 3.55. The quantitative estimate of drug-likeness (QED) is 0.0723. The Morgan fingerprint density at radius 3 is 2.30 bits per heavy atom. The summed E-state index contributed by atoms with van der Waals surface area (Å²) in [4.78, 5) is 24.1. The van der Waals surface area contributed by atoms with Gasteiger partial charge in [-0.3, -0.25) is 10.3 Å². The van der Waals surface area contributed by atoms with Crippen LogP contribution in [0.15, 0.2) is 114 Å². The van der Waals surface area contributed by atoms with Gasteiger partial charge in [0.15, 0.2) is 6.04 Å². The highest BCUT2D eigenvalue weighted by atomic mass is 16.7. The molecule has 0 bridgehead atoms. The van der Waals surface area contributed by atoms with Gasteiger partial charge in [0.25, 0.3) is 0 Å². The molecule has 1 aliphatic heterocycles. The minimum atomic E-state index is -0.872.